The Hall–Kier alpha value is -0.690. The van der Waals surface area contributed by atoms with E-state index in [-0.39, 0.29) is 11.9 Å². The molecule has 2 heterocycles. The number of carbonyl (C=O) groups excluding carboxylic acids is 1. The Bertz CT molecular complexity index is 455. The van der Waals surface area contributed by atoms with Crippen LogP contribution in [-0.4, -0.2) is 55.2 Å². The van der Waals surface area contributed by atoms with E-state index in [1.807, 2.05) is 5.38 Å². The normalized spacial score (nSPS) is 19.6. The van der Waals surface area contributed by atoms with Gasteiger partial charge in [-0.3, -0.25) is 9.69 Å². The lowest BCUT2D eigenvalue weighted by Gasteiger charge is -2.34. The third kappa shape index (κ3) is 4.92. The van der Waals surface area contributed by atoms with Crippen molar-refractivity contribution in [3.05, 3.63) is 16.1 Å². The molecule has 0 radical (unpaired) electrons. The van der Waals surface area contributed by atoms with Crippen LogP contribution in [0.4, 0.5) is 0 Å². The molecule has 0 saturated carbocycles. The molecule has 0 aliphatic carbocycles. The molecule has 0 bridgehead atoms. The molecular formula is C14H22ClN3O2S. The first-order valence-corrected chi connectivity index (χ1v) is 8.68. The summed E-state index contributed by atoms with van der Waals surface area (Å²) in [5.41, 5.74) is 0.963. The van der Waals surface area contributed by atoms with E-state index in [4.69, 9.17) is 16.3 Å². The van der Waals surface area contributed by atoms with E-state index in [1.165, 1.54) is 0 Å². The largest absolute Gasteiger partial charge is 0.378 e. The summed E-state index contributed by atoms with van der Waals surface area (Å²) in [5, 5.41) is 5.88. The van der Waals surface area contributed by atoms with E-state index in [9.17, 15) is 4.79 Å². The van der Waals surface area contributed by atoms with E-state index in [0.717, 1.165) is 43.1 Å². The fraction of sp³-hybridized carbons (Fsp3) is 0.714. The molecule has 1 aliphatic heterocycles. The summed E-state index contributed by atoms with van der Waals surface area (Å²) in [6.07, 6.45) is 3.12. The number of aryl methyl sites for hydroxylation is 1. The van der Waals surface area contributed by atoms with Crippen molar-refractivity contribution in [2.45, 2.75) is 31.2 Å². The summed E-state index contributed by atoms with van der Waals surface area (Å²) in [5.74, 6) is 0.527. The van der Waals surface area contributed by atoms with Crippen LogP contribution in [0.1, 0.15) is 23.5 Å². The average molecular weight is 332 g/mol. The second-order valence-electron chi connectivity index (χ2n) is 5.06. The number of morpholine rings is 1. The van der Waals surface area contributed by atoms with Gasteiger partial charge >= 0.3 is 0 Å². The Morgan fingerprint density at radius 1 is 1.62 bits per heavy atom. The van der Waals surface area contributed by atoms with Gasteiger partial charge in [0.05, 0.1) is 29.8 Å². The number of hydrogen-bond acceptors (Lipinski definition) is 5. The number of halogens is 1. The summed E-state index contributed by atoms with van der Waals surface area (Å²) in [6.45, 7) is 2.95. The highest BCUT2D eigenvalue weighted by molar-refractivity contribution is 7.09. The highest BCUT2D eigenvalue weighted by Crippen LogP contribution is 2.15. The Labute approximate surface area is 134 Å². The van der Waals surface area contributed by atoms with Gasteiger partial charge in [0.1, 0.15) is 6.04 Å². The van der Waals surface area contributed by atoms with Crippen molar-refractivity contribution in [1.82, 2.24) is 15.2 Å². The minimum atomic E-state index is -0.147. The molecule has 1 unspecified atom stereocenters. The molecule has 1 amide bonds. The number of thiazole rings is 1. The van der Waals surface area contributed by atoms with Gasteiger partial charge in [-0.05, 0) is 25.8 Å². The molecule has 1 aromatic rings. The number of aromatic nitrogens is 1. The van der Waals surface area contributed by atoms with Gasteiger partial charge in [-0.2, -0.15) is 0 Å². The van der Waals surface area contributed by atoms with Crippen molar-refractivity contribution >= 4 is 28.8 Å². The minimum absolute atomic E-state index is 0.0429. The van der Waals surface area contributed by atoms with Crippen molar-refractivity contribution < 1.29 is 9.53 Å². The van der Waals surface area contributed by atoms with Gasteiger partial charge in [0, 0.05) is 19.0 Å². The number of likely N-dealkylation sites (N-methyl/N-ethyl adjacent to an activating group) is 1. The number of amides is 1. The summed E-state index contributed by atoms with van der Waals surface area (Å²) in [7, 11) is 1.67. The van der Waals surface area contributed by atoms with Crippen LogP contribution in [0, 0.1) is 0 Å². The maximum atomic E-state index is 11.8. The first kappa shape index (κ1) is 16.7. The summed E-state index contributed by atoms with van der Waals surface area (Å²) < 4.78 is 5.40. The molecule has 1 atom stereocenters. The SMILES string of the molecule is CNC(=O)C1COCCN1CCCCc1nc(CCl)cs1. The molecule has 1 N–H and O–H groups in total. The van der Waals surface area contributed by atoms with Crippen LogP contribution in [0.5, 0.6) is 0 Å². The number of unbranched alkanes of at least 4 members (excludes halogenated alkanes) is 1. The number of ether oxygens (including phenoxy) is 1. The number of nitrogens with zero attached hydrogens (tertiary/aromatic N) is 2. The minimum Gasteiger partial charge on any atom is -0.378 e. The number of hydrogen-bond donors (Lipinski definition) is 1. The summed E-state index contributed by atoms with van der Waals surface area (Å²) >= 11 is 7.43. The van der Waals surface area contributed by atoms with Crippen molar-refractivity contribution in [2.24, 2.45) is 0 Å². The smallest absolute Gasteiger partial charge is 0.239 e. The van der Waals surface area contributed by atoms with Crippen LogP contribution in [-0.2, 0) is 21.8 Å². The van der Waals surface area contributed by atoms with Gasteiger partial charge in [0.15, 0.2) is 0 Å². The van der Waals surface area contributed by atoms with Crippen molar-refractivity contribution in [3.63, 3.8) is 0 Å². The Morgan fingerprint density at radius 2 is 2.48 bits per heavy atom. The topological polar surface area (TPSA) is 54.5 Å². The molecule has 1 fully saturated rings. The third-order valence-electron chi connectivity index (χ3n) is 3.61. The predicted molar refractivity (Wildman–Crippen MR) is 84.9 cm³/mol. The van der Waals surface area contributed by atoms with Gasteiger partial charge in [-0.25, -0.2) is 4.98 Å². The Kier molecular flexibility index (Phi) is 6.89. The van der Waals surface area contributed by atoms with Gasteiger partial charge in [0.25, 0.3) is 0 Å². The van der Waals surface area contributed by atoms with E-state index >= 15 is 0 Å². The monoisotopic (exact) mass is 331 g/mol. The zero-order valence-corrected chi connectivity index (χ0v) is 13.9. The first-order valence-electron chi connectivity index (χ1n) is 7.27. The highest BCUT2D eigenvalue weighted by Gasteiger charge is 2.27. The van der Waals surface area contributed by atoms with Crippen LogP contribution in [0.2, 0.25) is 0 Å². The maximum absolute atomic E-state index is 11.8. The summed E-state index contributed by atoms with van der Waals surface area (Å²) in [4.78, 5) is 18.5. The summed E-state index contributed by atoms with van der Waals surface area (Å²) in [6, 6.07) is -0.147. The number of nitrogens with one attached hydrogen (secondary N) is 1. The van der Waals surface area contributed by atoms with Gasteiger partial charge in [-0.15, -0.1) is 22.9 Å². The lowest BCUT2D eigenvalue weighted by molar-refractivity contribution is -0.132. The lowest BCUT2D eigenvalue weighted by atomic mass is 10.1. The molecule has 0 aromatic carbocycles. The maximum Gasteiger partial charge on any atom is 0.239 e. The van der Waals surface area contributed by atoms with E-state index < -0.39 is 0 Å². The van der Waals surface area contributed by atoms with Gasteiger partial charge < -0.3 is 10.1 Å². The predicted octanol–water partition coefficient (Wildman–Crippen LogP) is 1.65. The fourth-order valence-electron chi connectivity index (χ4n) is 2.43. The van der Waals surface area contributed by atoms with Crippen LogP contribution in [0.25, 0.3) is 0 Å². The quantitative estimate of drug-likeness (QED) is 0.610. The van der Waals surface area contributed by atoms with Crippen LogP contribution >= 0.6 is 22.9 Å². The Balaban J connectivity index is 1.72. The number of carbonyl (C=O) groups is 1. The van der Waals surface area contributed by atoms with Crippen LogP contribution in [0.3, 0.4) is 0 Å². The lowest BCUT2D eigenvalue weighted by Crippen LogP contribution is -2.53. The zero-order valence-electron chi connectivity index (χ0n) is 12.3. The molecule has 2 rings (SSSR count). The van der Waals surface area contributed by atoms with Crippen molar-refractivity contribution in [1.29, 1.82) is 0 Å². The highest BCUT2D eigenvalue weighted by atomic mass is 35.5. The molecule has 118 valence electrons. The van der Waals surface area contributed by atoms with E-state index in [1.54, 1.807) is 18.4 Å². The standard InChI is InChI=1S/C14H22ClN3O2S/c1-16-14(19)12-9-20-7-6-18(12)5-3-2-4-13-17-11(8-15)10-21-13/h10,12H,2-9H2,1H3,(H,16,19). The molecule has 1 saturated heterocycles. The molecule has 7 heteroatoms. The first-order chi connectivity index (χ1) is 10.2. The Morgan fingerprint density at radius 3 is 3.19 bits per heavy atom. The molecule has 21 heavy (non-hydrogen) atoms. The third-order valence-corrected chi connectivity index (χ3v) is 4.84. The fourth-order valence-corrected chi connectivity index (χ4v) is 3.50. The second kappa shape index (κ2) is 8.68. The van der Waals surface area contributed by atoms with E-state index in [0.29, 0.717) is 19.1 Å². The molecule has 0 spiro atoms. The van der Waals surface area contributed by atoms with Gasteiger partial charge in [0.2, 0.25) is 5.91 Å². The second-order valence-corrected chi connectivity index (χ2v) is 6.27. The van der Waals surface area contributed by atoms with Crippen molar-refractivity contribution in [2.75, 3.05) is 33.4 Å². The molecule has 5 nitrogen and oxygen atoms in total. The van der Waals surface area contributed by atoms with Crippen molar-refractivity contribution in [3.8, 4) is 0 Å². The van der Waals surface area contributed by atoms with E-state index in [2.05, 4.69) is 15.2 Å². The zero-order chi connectivity index (χ0) is 15.1. The average Bonchev–Trinajstić information content (AvgIpc) is 2.99. The molecule has 1 aromatic heterocycles. The number of rotatable bonds is 7. The van der Waals surface area contributed by atoms with Crippen LogP contribution in [0.15, 0.2) is 5.38 Å². The molecule has 1 aliphatic rings. The van der Waals surface area contributed by atoms with Crippen LogP contribution < -0.4 is 5.32 Å². The van der Waals surface area contributed by atoms with Gasteiger partial charge in [-0.1, -0.05) is 0 Å². The number of alkyl halides is 1. The molecular weight excluding hydrogens is 310 g/mol.